The SMILES string of the molecule is CNC(=O)CCNCc1ccc(OC)c(C(N)=NO)c1. The molecule has 1 aromatic rings. The number of amides is 1. The number of ether oxygens (including phenoxy) is 1. The predicted octanol–water partition coefficient (Wildman–Crippen LogP) is 0.0154. The van der Waals surface area contributed by atoms with Crippen LogP contribution in [0.15, 0.2) is 23.4 Å². The zero-order chi connectivity index (χ0) is 15.0. The Balaban J connectivity index is 2.65. The highest BCUT2D eigenvalue weighted by molar-refractivity contribution is 5.99. The minimum atomic E-state index is -0.00965. The summed E-state index contributed by atoms with van der Waals surface area (Å²) >= 11 is 0. The smallest absolute Gasteiger partial charge is 0.221 e. The first kappa shape index (κ1) is 15.8. The first-order valence-electron chi connectivity index (χ1n) is 6.18. The van der Waals surface area contributed by atoms with E-state index in [-0.39, 0.29) is 11.7 Å². The quantitative estimate of drug-likeness (QED) is 0.185. The van der Waals surface area contributed by atoms with Gasteiger partial charge in [-0.15, -0.1) is 0 Å². The molecule has 0 atom stereocenters. The van der Waals surface area contributed by atoms with Crippen LogP contribution in [0.4, 0.5) is 0 Å². The maximum absolute atomic E-state index is 11.1. The molecule has 20 heavy (non-hydrogen) atoms. The van der Waals surface area contributed by atoms with Crippen LogP contribution < -0.4 is 21.1 Å². The molecule has 5 N–H and O–H groups in total. The fourth-order valence-corrected chi connectivity index (χ4v) is 1.68. The molecule has 0 unspecified atom stereocenters. The van der Waals surface area contributed by atoms with Crippen LogP contribution in [0.5, 0.6) is 5.75 Å². The van der Waals surface area contributed by atoms with Crippen molar-refractivity contribution in [3.63, 3.8) is 0 Å². The first-order chi connectivity index (χ1) is 9.62. The minimum absolute atomic E-state index is 0.00550. The molecule has 0 saturated heterocycles. The van der Waals surface area contributed by atoms with Gasteiger partial charge < -0.3 is 26.3 Å². The molecule has 1 rings (SSSR count). The van der Waals surface area contributed by atoms with Crippen LogP contribution in [0.2, 0.25) is 0 Å². The number of amidine groups is 1. The zero-order valence-corrected chi connectivity index (χ0v) is 11.6. The number of methoxy groups -OCH3 is 1. The maximum atomic E-state index is 11.1. The third-order valence-corrected chi connectivity index (χ3v) is 2.78. The summed E-state index contributed by atoms with van der Waals surface area (Å²) < 4.78 is 5.15. The Hall–Kier alpha value is -2.28. The van der Waals surface area contributed by atoms with E-state index in [0.29, 0.717) is 30.8 Å². The van der Waals surface area contributed by atoms with Gasteiger partial charge in [-0.25, -0.2) is 0 Å². The highest BCUT2D eigenvalue weighted by atomic mass is 16.5. The summed E-state index contributed by atoms with van der Waals surface area (Å²) in [6.07, 6.45) is 0.416. The Kier molecular flexibility index (Phi) is 6.31. The number of oxime groups is 1. The molecule has 110 valence electrons. The van der Waals surface area contributed by atoms with Crippen LogP contribution in [-0.4, -0.2) is 37.7 Å². The molecule has 0 spiro atoms. The predicted molar refractivity (Wildman–Crippen MR) is 75.9 cm³/mol. The normalized spacial score (nSPS) is 11.2. The van der Waals surface area contributed by atoms with Crippen molar-refractivity contribution in [2.75, 3.05) is 20.7 Å². The lowest BCUT2D eigenvalue weighted by Gasteiger charge is -2.10. The van der Waals surface area contributed by atoms with Crippen LogP contribution in [0.25, 0.3) is 0 Å². The van der Waals surface area contributed by atoms with Crippen molar-refractivity contribution >= 4 is 11.7 Å². The molecule has 7 heteroatoms. The number of hydrogen-bond donors (Lipinski definition) is 4. The monoisotopic (exact) mass is 280 g/mol. The molecule has 0 aliphatic carbocycles. The van der Waals surface area contributed by atoms with Crippen molar-refractivity contribution in [1.29, 1.82) is 0 Å². The van der Waals surface area contributed by atoms with E-state index in [0.717, 1.165) is 5.56 Å². The number of carbonyl (C=O) groups is 1. The van der Waals surface area contributed by atoms with Gasteiger partial charge in [0.15, 0.2) is 5.84 Å². The molecule has 1 amide bonds. The first-order valence-corrected chi connectivity index (χ1v) is 6.18. The van der Waals surface area contributed by atoms with Gasteiger partial charge in [0.1, 0.15) is 5.75 Å². The summed E-state index contributed by atoms with van der Waals surface area (Å²) in [7, 11) is 3.12. The van der Waals surface area contributed by atoms with Crippen molar-refractivity contribution in [3.05, 3.63) is 29.3 Å². The summed E-state index contributed by atoms with van der Waals surface area (Å²) in [6.45, 7) is 1.15. The van der Waals surface area contributed by atoms with Gasteiger partial charge >= 0.3 is 0 Å². The van der Waals surface area contributed by atoms with E-state index in [1.807, 2.05) is 6.07 Å². The van der Waals surface area contributed by atoms with E-state index in [9.17, 15) is 4.79 Å². The van der Waals surface area contributed by atoms with E-state index in [4.69, 9.17) is 15.7 Å². The zero-order valence-electron chi connectivity index (χ0n) is 11.6. The van der Waals surface area contributed by atoms with Gasteiger partial charge in [0.25, 0.3) is 0 Å². The van der Waals surface area contributed by atoms with E-state index in [2.05, 4.69) is 15.8 Å². The Labute approximate surface area is 117 Å². The van der Waals surface area contributed by atoms with Gasteiger partial charge in [-0.05, 0) is 17.7 Å². The van der Waals surface area contributed by atoms with Crippen molar-refractivity contribution in [1.82, 2.24) is 10.6 Å². The molecule has 0 aromatic heterocycles. The van der Waals surface area contributed by atoms with Crippen LogP contribution in [0.3, 0.4) is 0 Å². The molecule has 0 heterocycles. The fourth-order valence-electron chi connectivity index (χ4n) is 1.68. The lowest BCUT2D eigenvalue weighted by atomic mass is 10.1. The van der Waals surface area contributed by atoms with Gasteiger partial charge in [0, 0.05) is 26.6 Å². The van der Waals surface area contributed by atoms with Crippen molar-refractivity contribution in [2.24, 2.45) is 10.9 Å². The van der Waals surface area contributed by atoms with E-state index in [1.165, 1.54) is 7.11 Å². The summed E-state index contributed by atoms with van der Waals surface area (Å²) in [4.78, 5) is 11.1. The van der Waals surface area contributed by atoms with Gasteiger partial charge in [0.2, 0.25) is 5.91 Å². The molecule has 0 bridgehead atoms. The van der Waals surface area contributed by atoms with Crippen molar-refractivity contribution < 1.29 is 14.7 Å². The van der Waals surface area contributed by atoms with Gasteiger partial charge in [-0.3, -0.25) is 4.79 Å². The summed E-state index contributed by atoms with van der Waals surface area (Å²) in [5, 5.41) is 17.4. The highest BCUT2D eigenvalue weighted by Crippen LogP contribution is 2.19. The molecule has 7 nitrogen and oxygen atoms in total. The molecular weight excluding hydrogens is 260 g/mol. The molecular formula is C13H20N4O3. The van der Waals surface area contributed by atoms with Crippen LogP contribution in [0, 0.1) is 0 Å². The molecule has 1 aromatic carbocycles. The molecule has 0 radical (unpaired) electrons. The number of nitrogens with zero attached hydrogens (tertiary/aromatic N) is 1. The van der Waals surface area contributed by atoms with Gasteiger partial charge in [0.05, 0.1) is 12.7 Å². The van der Waals surface area contributed by atoms with Crippen LogP contribution in [0.1, 0.15) is 17.5 Å². The Morgan fingerprint density at radius 2 is 2.25 bits per heavy atom. The second kappa shape index (κ2) is 8.00. The molecule has 0 fully saturated rings. The summed E-state index contributed by atoms with van der Waals surface area (Å²) in [6, 6.07) is 5.41. The average molecular weight is 280 g/mol. The van der Waals surface area contributed by atoms with Crippen molar-refractivity contribution in [3.8, 4) is 5.75 Å². The van der Waals surface area contributed by atoms with E-state index >= 15 is 0 Å². The Bertz CT molecular complexity index is 489. The number of nitrogens with one attached hydrogen (secondary N) is 2. The second-order valence-corrected chi connectivity index (χ2v) is 4.12. The maximum Gasteiger partial charge on any atom is 0.221 e. The lowest BCUT2D eigenvalue weighted by molar-refractivity contribution is -0.120. The third-order valence-electron chi connectivity index (χ3n) is 2.78. The van der Waals surface area contributed by atoms with Crippen LogP contribution in [-0.2, 0) is 11.3 Å². The Morgan fingerprint density at radius 1 is 1.50 bits per heavy atom. The van der Waals surface area contributed by atoms with Crippen molar-refractivity contribution in [2.45, 2.75) is 13.0 Å². The molecule has 0 aliphatic rings. The standard InChI is InChI=1S/C13H20N4O3/c1-15-12(18)5-6-16-8-9-3-4-11(20-2)10(7-9)13(14)17-19/h3-4,7,16,19H,5-6,8H2,1-2H3,(H2,14,17)(H,15,18). The number of carbonyl (C=O) groups excluding carboxylic acids is 1. The Morgan fingerprint density at radius 3 is 2.85 bits per heavy atom. The number of rotatable bonds is 7. The minimum Gasteiger partial charge on any atom is -0.496 e. The van der Waals surface area contributed by atoms with E-state index < -0.39 is 0 Å². The van der Waals surface area contributed by atoms with E-state index in [1.54, 1.807) is 19.2 Å². The van der Waals surface area contributed by atoms with Crippen LogP contribution >= 0.6 is 0 Å². The molecule has 0 saturated carbocycles. The lowest BCUT2D eigenvalue weighted by Crippen LogP contribution is -2.24. The fraction of sp³-hybridized carbons (Fsp3) is 0.385. The second-order valence-electron chi connectivity index (χ2n) is 4.12. The number of hydrogen-bond acceptors (Lipinski definition) is 5. The van der Waals surface area contributed by atoms with Gasteiger partial charge in [-0.2, -0.15) is 0 Å². The highest BCUT2D eigenvalue weighted by Gasteiger charge is 2.09. The summed E-state index contributed by atoms with van der Waals surface area (Å²) in [5.74, 6) is 0.521. The average Bonchev–Trinajstić information content (AvgIpc) is 2.50. The third kappa shape index (κ3) is 4.43. The summed E-state index contributed by atoms with van der Waals surface area (Å²) in [5.41, 5.74) is 7.08. The topological polar surface area (TPSA) is 109 Å². The largest absolute Gasteiger partial charge is 0.496 e. The van der Waals surface area contributed by atoms with Gasteiger partial charge in [-0.1, -0.05) is 11.2 Å². The molecule has 0 aliphatic heterocycles. The number of nitrogens with two attached hydrogens (primary N) is 1. The number of benzene rings is 1.